The Labute approximate surface area is 93.0 Å². The molecule has 1 rings (SSSR count). The van der Waals surface area contributed by atoms with Gasteiger partial charge in [0.25, 0.3) is 0 Å². The van der Waals surface area contributed by atoms with Gasteiger partial charge in [0.05, 0.1) is 4.83 Å². The molecule has 0 spiro atoms. The molecule has 1 unspecified atom stereocenters. The molecule has 14 heavy (non-hydrogen) atoms. The Kier molecular flexibility index (Phi) is 4.08. The van der Waals surface area contributed by atoms with Gasteiger partial charge in [-0.3, -0.25) is 4.79 Å². The van der Waals surface area contributed by atoms with Gasteiger partial charge in [0.1, 0.15) is 0 Å². The maximum absolute atomic E-state index is 11.5. The van der Waals surface area contributed by atoms with Crippen molar-refractivity contribution < 1.29 is 4.79 Å². The number of alkyl halides is 1. The maximum atomic E-state index is 11.5. The predicted molar refractivity (Wildman–Crippen MR) is 63.5 cm³/mol. The zero-order chi connectivity index (χ0) is 10.6. The molecule has 0 N–H and O–H groups in total. The molecule has 0 aliphatic heterocycles. The van der Waals surface area contributed by atoms with Crippen LogP contribution in [0.25, 0.3) is 6.08 Å². The normalized spacial score (nSPS) is 13.8. The summed E-state index contributed by atoms with van der Waals surface area (Å²) in [5.74, 6) is 0.133. The standard InChI is InChI=1S/C12H13BrO/c1-9(12(14)10(2)13)8-11-6-4-3-5-7-11/h3-8,10H,1-2H3/b9-8+. The lowest BCUT2D eigenvalue weighted by Crippen LogP contribution is -2.10. The molecule has 0 saturated carbocycles. The molecule has 0 fully saturated rings. The summed E-state index contributed by atoms with van der Waals surface area (Å²) in [6.45, 7) is 3.68. The van der Waals surface area contributed by atoms with Crippen molar-refractivity contribution in [3.8, 4) is 0 Å². The van der Waals surface area contributed by atoms with E-state index in [9.17, 15) is 4.79 Å². The second-order valence-electron chi connectivity index (χ2n) is 3.22. The SMILES string of the molecule is C/C(=C\c1ccccc1)C(=O)C(C)Br. The smallest absolute Gasteiger partial charge is 0.171 e. The largest absolute Gasteiger partial charge is 0.293 e. The number of ketones is 1. The molecule has 0 aromatic heterocycles. The van der Waals surface area contributed by atoms with Crippen LogP contribution in [0.5, 0.6) is 0 Å². The summed E-state index contributed by atoms with van der Waals surface area (Å²) in [7, 11) is 0. The first kappa shape index (κ1) is 11.2. The number of carbonyl (C=O) groups excluding carboxylic acids is 1. The van der Waals surface area contributed by atoms with Gasteiger partial charge in [0.2, 0.25) is 0 Å². The van der Waals surface area contributed by atoms with E-state index in [-0.39, 0.29) is 10.6 Å². The first-order chi connectivity index (χ1) is 6.61. The molecule has 0 amide bonds. The van der Waals surface area contributed by atoms with Crippen molar-refractivity contribution in [2.75, 3.05) is 0 Å². The van der Waals surface area contributed by atoms with E-state index < -0.39 is 0 Å². The maximum Gasteiger partial charge on any atom is 0.171 e. The van der Waals surface area contributed by atoms with Gasteiger partial charge in [-0.1, -0.05) is 46.3 Å². The lowest BCUT2D eigenvalue weighted by molar-refractivity contribution is -0.114. The second kappa shape index (κ2) is 5.11. The van der Waals surface area contributed by atoms with E-state index in [1.807, 2.05) is 50.3 Å². The van der Waals surface area contributed by atoms with Gasteiger partial charge in [-0.2, -0.15) is 0 Å². The quantitative estimate of drug-likeness (QED) is 0.595. The van der Waals surface area contributed by atoms with Crippen LogP contribution in [-0.4, -0.2) is 10.6 Å². The van der Waals surface area contributed by atoms with Gasteiger partial charge in [-0.05, 0) is 31.1 Å². The Hall–Kier alpha value is -0.890. The second-order valence-corrected chi connectivity index (χ2v) is 4.59. The summed E-state index contributed by atoms with van der Waals surface area (Å²) >= 11 is 3.26. The van der Waals surface area contributed by atoms with Crippen LogP contribution in [0.1, 0.15) is 19.4 Å². The Morgan fingerprint density at radius 3 is 2.43 bits per heavy atom. The highest BCUT2D eigenvalue weighted by atomic mass is 79.9. The minimum Gasteiger partial charge on any atom is -0.293 e. The molecule has 1 aromatic carbocycles. The summed E-state index contributed by atoms with van der Waals surface area (Å²) in [6.07, 6.45) is 1.90. The van der Waals surface area contributed by atoms with Crippen molar-refractivity contribution >= 4 is 27.8 Å². The van der Waals surface area contributed by atoms with Gasteiger partial charge < -0.3 is 0 Å². The van der Waals surface area contributed by atoms with Crippen LogP contribution in [0, 0.1) is 0 Å². The van der Waals surface area contributed by atoms with E-state index in [1.165, 1.54) is 0 Å². The summed E-state index contributed by atoms with van der Waals surface area (Å²) < 4.78 is 0. The highest BCUT2D eigenvalue weighted by Crippen LogP contribution is 2.11. The van der Waals surface area contributed by atoms with E-state index in [0.717, 1.165) is 11.1 Å². The van der Waals surface area contributed by atoms with Crippen LogP contribution in [0.3, 0.4) is 0 Å². The van der Waals surface area contributed by atoms with Gasteiger partial charge in [-0.15, -0.1) is 0 Å². The van der Waals surface area contributed by atoms with Crippen molar-refractivity contribution in [2.24, 2.45) is 0 Å². The fourth-order valence-corrected chi connectivity index (χ4v) is 1.55. The van der Waals surface area contributed by atoms with Crippen LogP contribution in [0.4, 0.5) is 0 Å². The monoisotopic (exact) mass is 252 g/mol. The number of carbonyl (C=O) groups is 1. The molecule has 1 nitrogen and oxygen atoms in total. The highest BCUT2D eigenvalue weighted by molar-refractivity contribution is 9.10. The molecule has 2 heteroatoms. The van der Waals surface area contributed by atoms with Crippen LogP contribution in [0.2, 0.25) is 0 Å². The number of allylic oxidation sites excluding steroid dienone is 1. The zero-order valence-electron chi connectivity index (χ0n) is 8.33. The molecule has 0 radical (unpaired) electrons. The highest BCUT2D eigenvalue weighted by Gasteiger charge is 2.10. The minimum absolute atomic E-state index is 0.109. The number of Topliss-reactive ketones (excluding diaryl/α,β-unsaturated/α-hetero) is 1. The van der Waals surface area contributed by atoms with Crippen molar-refractivity contribution in [1.82, 2.24) is 0 Å². The van der Waals surface area contributed by atoms with E-state index in [0.29, 0.717) is 0 Å². The topological polar surface area (TPSA) is 17.1 Å². The predicted octanol–water partition coefficient (Wildman–Crippen LogP) is 3.44. The summed E-state index contributed by atoms with van der Waals surface area (Å²) in [5, 5.41) is 0. The van der Waals surface area contributed by atoms with Crippen molar-refractivity contribution in [3.63, 3.8) is 0 Å². The third kappa shape index (κ3) is 3.11. The Bertz CT molecular complexity index is 339. The molecular formula is C12H13BrO. The molecule has 0 saturated heterocycles. The molecule has 0 bridgehead atoms. The molecule has 0 aliphatic carbocycles. The van der Waals surface area contributed by atoms with E-state index in [4.69, 9.17) is 0 Å². The number of rotatable bonds is 3. The summed E-state index contributed by atoms with van der Waals surface area (Å²) in [6, 6.07) is 9.84. The van der Waals surface area contributed by atoms with Crippen molar-refractivity contribution in [2.45, 2.75) is 18.7 Å². The Morgan fingerprint density at radius 1 is 1.36 bits per heavy atom. The molecule has 0 aliphatic rings. The fourth-order valence-electron chi connectivity index (χ4n) is 1.18. The third-order valence-electron chi connectivity index (χ3n) is 1.93. The molecule has 0 heterocycles. The average Bonchev–Trinajstić information content (AvgIpc) is 2.18. The Morgan fingerprint density at radius 2 is 1.93 bits per heavy atom. The van der Waals surface area contributed by atoms with Crippen LogP contribution >= 0.6 is 15.9 Å². The molecule has 1 aromatic rings. The number of halogens is 1. The summed E-state index contributed by atoms with van der Waals surface area (Å²) in [5.41, 5.74) is 1.84. The molecule has 74 valence electrons. The lowest BCUT2D eigenvalue weighted by atomic mass is 10.1. The first-order valence-corrected chi connectivity index (χ1v) is 5.44. The number of hydrogen-bond acceptors (Lipinski definition) is 1. The van der Waals surface area contributed by atoms with E-state index in [1.54, 1.807) is 0 Å². The van der Waals surface area contributed by atoms with Crippen LogP contribution in [0.15, 0.2) is 35.9 Å². The molecular weight excluding hydrogens is 240 g/mol. The fraction of sp³-hybridized carbons (Fsp3) is 0.250. The number of benzene rings is 1. The first-order valence-electron chi connectivity index (χ1n) is 4.53. The zero-order valence-corrected chi connectivity index (χ0v) is 9.91. The van der Waals surface area contributed by atoms with Crippen molar-refractivity contribution in [3.05, 3.63) is 41.5 Å². The lowest BCUT2D eigenvalue weighted by Gasteiger charge is -2.02. The third-order valence-corrected chi connectivity index (χ3v) is 2.35. The van der Waals surface area contributed by atoms with Gasteiger partial charge in [0, 0.05) is 0 Å². The van der Waals surface area contributed by atoms with Gasteiger partial charge in [-0.25, -0.2) is 0 Å². The van der Waals surface area contributed by atoms with E-state index >= 15 is 0 Å². The summed E-state index contributed by atoms with van der Waals surface area (Å²) in [4.78, 5) is 11.4. The van der Waals surface area contributed by atoms with Crippen LogP contribution < -0.4 is 0 Å². The van der Waals surface area contributed by atoms with Gasteiger partial charge >= 0.3 is 0 Å². The average molecular weight is 253 g/mol. The number of hydrogen-bond donors (Lipinski definition) is 0. The van der Waals surface area contributed by atoms with Crippen LogP contribution in [-0.2, 0) is 4.79 Å². The molecule has 1 atom stereocenters. The van der Waals surface area contributed by atoms with E-state index in [2.05, 4.69) is 15.9 Å². The minimum atomic E-state index is -0.109. The van der Waals surface area contributed by atoms with Crippen molar-refractivity contribution in [1.29, 1.82) is 0 Å². The Balaban J connectivity index is 2.84. The van der Waals surface area contributed by atoms with Gasteiger partial charge in [0.15, 0.2) is 5.78 Å².